The van der Waals surface area contributed by atoms with Crippen molar-refractivity contribution >= 4 is 32.8 Å². The molecular weight excluding hydrogens is 266 g/mol. The van der Waals surface area contributed by atoms with E-state index in [-0.39, 0.29) is 18.2 Å². The summed E-state index contributed by atoms with van der Waals surface area (Å²) >= 11 is 0. The van der Waals surface area contributed by atoms with E-state index in [1.165, 1.54) is 6.26 Å². The van der Waals surface area contributed by atoms with E-state index in [0.717, 1.165) is 11.3 Å². The molecule has 6 nitrogen and oxygen atoms in total. The average molecular weight is 283 g/mol. The predicted molar refractivity (Wildman–Crippen MR) is 76.0 cm³/mol. The Morgan fingerprint density at radius 2 is 2.11 bits per heavy atom. The van der Waals surface area contributed by atoms with Gasteiger partial charge in [0.25, 0.3) is 0 Å². The number of hydrogen-bond acceptors (Lipinski definition) is 5. The number of carbonyl (C=O) groups is 1. The summed E-state index contributed by atoms with van der Waals surface area (Å²) in [7, 11) is -3.01. The summed E-state index contributed by atoms with van der Waals surface area (Å²) in [5.74, 6) is 0.0231. The van der Waals surface area contributed by atoms with Crippen molar-refractivity contribution in [2.45, 2.75) is 12.8 Å². The summed E-state index contributed by atoms with van der Waals surface area (Å²) in [5, 5.41) is 5.76. The first kappa shape index (κ1) is 13.7. The van der Waals surface area contributed by atoms with Crippen molar-refractivity contribution in [2.24, 2.45) is 0 Å². The minimum absolute atomic E-state index is 0.0145. The van der Waals surface area contributed by atoms with Crippen LogP contribution in [0.1, 0.15) is 12.0 Å². The first-order valence-corrected chi connectivity index (χ1v) is 8.05. The Bertz CT molecular complexity index is 611. The second-order valence-corrected chi connectivity index (χ2v) is 6.96. The Labute approximate surface area is 112 Å². The minimum Gasteiger partial charge on any atom is -0.397 e. The molecule has 0 spiro atoms. The molecule has 1 aromatic rings. The minimum atomic E-state index is -3.01. The van der Waals surface area contributed by atoms with Crippen molar-refractivity contribution in [1.82, 2.24) is 0 Å². The van der Waals surface area contributed by atoms with E-state index in [9.17, 15) is 13.2 Å². The molecule has 1 aliphatic heterocycles. The molecule has 1 aromatic carbocycles. The van der Waals surface area contributed by atoms with E-state index in [0.29, 0.717) is 24.2 Å². The summed E-state index contributed by atoms with van der Waals surface area (Å²) in [6.45, 7) is 0.287. The van der Waals surface area contributed by atoms with Gasteiger partial charge in [-0.15, -0.1) is 0 Å². The molecule has 7 heteroatoms. The summed E-state index contributed by atoms with van der Waals surface area (Å²) < 4.78 is 22.1. The number of carbonyl (C=O) groups excluding carboxylic acids is 1. The Kier molecular flexibility index (Phi) is 3.66. The standard InChI is InChI=1S/C12H17N3O3S/c1-19(17,18)5-4-14-11-7-10-8(6-9(11)13)2-3-12(16)15-10/h6-7,14H,2-5,13H2,1H3,(H,15,16). The van der Waals surface area contributed by atoms with Gasteiger partial charge in [-0.1, -0.05) is 0 Å². The molecule has 0 aromatic heterocycles. The zero-order chi connectivity index (χ0) is 14.0. The molecule has 0 aliphatic carbocycles. The van der Waals surface area contributed by atoms with Crippen LogP contribution in [0.15, 0.2) is 12.1 Å². The van der Waals surface area contributed by atoms with Crippen LogP contribution in [-0.2, 0) is 21.1 Å². The molecule has 0 radical (unpaired) electrons. The molecule has 0 fully saturated rings. The Morgan fingerprint density at radius 1 is 1.37 bits per heavy atom. The number of aryl methyl sites for hydroxylation is 1. The molecule has 1 amide bonds. The van der Waals surface area contributed by atoms with Crippen LogP contribution in [0.3, 0.4) is 0 Å². The van der Waals surface area contributed by atoms with E-state index in [1.54, 1.807) is 6.07 Å². The largest absolute Gasteiger partial charge is 0.397 e. The van der Waals surface area contributed by atoms with E-state index in [4.69, 9.17) is 5.73 Å². The van der Waals surface area contributed by atoms with E-state index >= 15 is 0 Å². The molecule has 19 heavy (non-hydrogen) atoms. The fraction of sp³-hybridized carbons (Fsp3) is 0.417. The molecule has 0 saturated heterocycles. The first-order chi connectivity index (χ1) is 8.85. The Hall–Kier alpha value is -1.76. The van der Waals surface area contributed by atoms with Crippen LogP contribution in [0.5, 0.6) is 0 Å². The van der Waals surface area contributed by atoms with Gasteiger partial charge in [0, 0.05) is 24.9 Å². The number of nitrogen functional groups attached to an aromatic ring is 1. The highest BCUT2D eigenvalue weighted by Crippen LogP contribution is 2.30. The van der Waals surface area contributed by atoms with Crippen molar-refractivity contribution in [1.29, 1.82) is 0 Å². The maximum atomic E-state index is 11.3. The third-order valence-electron chi connectivity index (χ3n) is 2.96. The SMILES string of the molecule is CS(=O)(=O)CCNc1cc2c(cc1N)CCC(=O)N2. The zero-order valence-corrected chi connectivity index (χ0v) is 11.5. The molecule has 0 saturated carbocycles. The summed E-state index contributed by atoms with van der Waals surface area (Å²) in [6, 6.07) is 3.57. The van der Waals surface area contributed by atoms with Gasteiger partial charge in [-0.3, -0.25) is 4.79 Å². The summed E-state index contributed by atoms with van der Waals surface area (Å²) in [6.07, 6.45) is 2.33. The van der Waals surface area contributed by atoms with Gasteiger partial charge in [-0.05, 0) is 24.1 Å². The number of anilines is 3. The highest BCUT2D eigenvalue weighted by atomic mass is 32.2. The number of nitrogens with one attached hydrogen (secondary N) is 2. The summed E-state index contributed by atoms with van der Waals surface area (Å²) in [5.41, 5.74) is 8.85. The fourth-order valence-corrected chi connectivity index (χ4v) is 2.44. The third-order valence-corrected chi connectivity index (χ3v) is 3.90. The monoisotopic (exact) mass is 283 g/mol. The summed E-state index contributed by atoms with van der Waals surface area (Å²) in [4.78, 5) is 11.3. The molecule has 2 rings (SSSR count). The molecular formula is C12H17N3O3S. The van der Waals surface area contributed by atoms with E-state index < -0.39 is 9.84 Å². The topological polar surface area (TPSA) is 101 Å². The van der Waals surface area contributed by atoms with Crippen molar-refractivity contribution in [2.75, 3.05) is 34.9 Å². The molecule has 1 heterocycles. The lowest BCUT2D eigenvalue weighted by atomic mass is 10.0. The number of hydrogen-bond donors (Lipinski definition) is 3. The first-order valence-electron chi connectivity index (χ1n) is 5.99. The van der Waals surface area contributed by atoms with Crippen LogP contribution >= 0.6 is 0 Å². The normalized spacial score (nSPS) is 14.7. The smallest absolute Gasteiger partial charge is 0.224 e. The number of rotatable bonds is 4. The van der Waals surface area contributed by atoms with E-state index in [1.807, 2.05) is 6.07 Å². The van der Waals surface area contributed by atoms with Gasteiger partial charge >= 0.3 is 0 Å². The fourth-order valence-electron chi connectivity index (χ4n) is 1.97. The van der Waals surface area contributed by atoms with Crippen molar-refractivity contribution in [3.05, 3.63) is 17.7 Å². The molecule has 0 unspecified atom stereocenters. The lowest BCUT2D eigenvalue weighted by molar-refractivity contribution is -0.116. The highest BCUT2D eigenvalue weighted by Gasteiger charge is 2.16. The van der Waals surface area contributed by atoms with Gasteiger partial charge in [0.15, 0.2) is 0 Å². The Morgan fingerprint density at radius 3 is 2.79 bits per heavy atom. The Balaban J connectivity index is 2.13. The van der Waals surface area contributed by atoms with Gasteiger partial charge in [-0.2, -0.15) is 0 Å². The van der Waals surface area contributed by atoms with Crippen LogP contribution in [0.4, 0.5) is 17.1 Å². The molecule has 4 N–H and O–H groups in total. The number of nitrogens with two attached hydrogens (primary N) is 1. The second kappa shape index (κ2) is 5.08. The van der Waals surface area contributed by atoms with Crippen LogP contribution in [0.25, 0.3) is 0 Å². The van der Waals surface area contributed by atoms with Gasteiger partial charge in [0.2, 0.25) is 5.91 Å². The van der Waals surface area contributed by atoms with Crippen molar-refractivity contribution < 1.29 is 13.2 Å². The second-order valence-electron chi connectivity index (χ2n) is 4.70. The van der Waals surface area contributed by atoms with Gasteiger partial charge < -0.3 is 16.4 Å². The quantitative estimate of drug-likeness (QED) is 0.703. The molecule has 0 bridgehead atoms. The highest BCUT2D eigenvalue weighted by molar-refractivity contribution is 7.90. The lowest BCUT2D eigenvalue weighted by Crippen LogP contribution is -2.20. The van der Waals surface area contributed by atoms with Gasteiger partial charge in [-0.25, -0.2) is 8.42 Å². The number of sulfone groups is 1. The van der Waals surface area contributed by atoms with Crippen molar-refractivity contribution in [3.63, 3.8) is 0 Å². The van der Waals surface area contributed by atoms with Gasteiger partial charge in [0.1, 0.15) is 9.84 Å². The number of amides is 1. The zero-order valence-electron chi connectivity index (χ0n) is 10.7. The predicted octanol–water partition coefficient (Wildman–Crippen LogP) is 0.610. The number of fused-ring (bicyclic) bond motifs is 1. The van der Waals surface area contributed by atoms with Crippen molar-refractivity contribution in [3.8, 4) is 0 Å². The van der Waals surface area contributed by atoms with Crippen LogP contribution in [0, 0.1) is 0 Å². The maximum Gasteiger partial charge on any atom is 0.224 e. The third kappa shape index (κ3) is 3.60. The van der Waals surface area contributed by atoms with Crippen LogP contribution in [0.2, 0.25) is 0 Å². The van der Waals surface area contributed by atoms with Crippen LogP contribution < -0.4 is 16.4 Å². The van der Waals surface area contributed by atoms with E-state index in [2.05, 4.69) is 10.6 Å². The number of benzene rings is 1. The van der Waals surface area contributed by atoms with Crippen LogP contribution in [-0.4, -0.2) is 32.9 Å². The average Bonchev–Trinajstić information content (AvgIpc) is 2.29. The molecule has 1 aliphatic rings. The van der Waals surface area contributed by atoms with Gasteiger partial charge in [0.05, 0.1) is 17.1 Å². The lowest BCUT2D eigenvalue weighted by Gasteiger charge is -2.19. The molecule has 104 valence electrons. The molecule has 0 atom stereocenters. The maximum absolute atomic E-state index is 11.3.